The van der Waals surface area contributed by atoms with E-state index in [2.05, 4.69) is 36.9 Å². The molecular formula is C28H20Br2N2O6S. The lowest BCUT2D eigenvalue weighted by Crippen LogP contribution is -2.39. The summed E-state index contributed by atoms with van der Waals surface area (Å²) in [6.45, 7) is 3.80. The van der Waals surface area contributed by atoms with Gasteiger partial charge in [0.1, 0.15) is 11.5 Å². The Hall–Kier alpha value is -3.41. The first-order chi connectivity index (χ1) is 18.8. The molecule has 0 unspecified atom stereocenters. The van der Waals surface area contributed by atoms with E-state index >= 15 is 0 Å². The molecule has 4 heterocycles. The van der Waals surface area contributed by atoms with Gasteiger partial charge in [0.2, 0.25) is 6.79 Å². The second-order valence-electron chi connectivity index (χ2n) is 8.74. The normalized spacial score (nSPS) is 16.3. The maximum atomic E-state index is 13.8. The minimum absolute atomic E-state index is 0.114. The number of nitrogens with zero attached hydrogens (tertiary/aromatic N) is 2. The number of hydrogen-bond donors (Lipinski definition) is 0. The van der Waals surface area contributed by atoms with Crippen LogP contribution < -0.4 is 24.4 Å². The van der Waals surface area contributed by atoms with Gasteiger partial charge >= 0.3 is 5.97 Å². The average molecular weight is 672 g/mol. The van der Waals surface area contributed by atoms with Crippen LogP contribution in [0.1, 0.15) is 31.2 Å². The molecule has 1 atom stereocenters. The molecule has 2 aromatic carbocycles. The molecule has 6 rings (SSSR count). The average Bonchev–Trinajstić information content (AvgIpc) is 3.64. The van der Waals surface area contributed by atoms with E-state index in [-0.39, 0.29) is 19.0 Å². The van der Waals surface area contributed by atoms with Crippen LogP contribution in [0.15, 0.2) is 83.0 Å². The van der Waals surface area contributed by atoms with E-state index < -0.39 is 12.0 Å². The molecule has 0 N–H and O–H groups in total. The van der Waals surface area contributed by atoms with Crippen molar-refractivity contribution in [3.05, 3.63) is 99.8 Å². The Morgan fingerprint density at radius 3 is 2.79 bits per heavy atom. The summed E-state index contributed by atoms with van der Waals surface area (Å²) in [7, 11) is 0. The minimum Gasteiger partial charge on any atom is -0.463 e. The van der Waals surface area contributed by atoms with Crippen LogP contribution in [0.25, 0.3) is 17.4 Å². The number of rotatable bonds is 5. The van der Waals surface area contributed by atoms with Crippen molar-refractivity contribution in [2.24, 2.45) is 4.99 Å². The van der Waals surface area contributed by atoms with Gasteiger partial charge in [-0.05, 0) is 61.9 Å². The van der Waals surface area contributed by atoms with Crippen molar-refractivity contribution in [3.8, 4) is 22.8 Å². The van der Waals surface area contributed by atoms with Gasteiger partial charge in [-0.1, -0.05) is 49.3 Å². The van der Waals surface area contributed by atoms with Crippen LogP contribution in [0.2, 0.25) is 0 Å². The number of ether oxygens (including phenoxy) is 3. The molecule has 2 aromatic heterocycles. The maximum Gasteiger partial charge on any atom is 0.338 e. The standard InChI is InChI=1S/C28H20Br2N2O6S/c1-3-35-27(34)24-14(2)31-28-32(25(24)15-4-8-21-22(10-15)37-13-36-21)26(33)23(39-28)12-17-6-9-20(38-17)18-11-16(29)5-7-19(18)30/h4-12,25H,3,13H2,1-2H3/b23-12+/t25-/m1/s1. The monoisotopic (exact) mass is 670 g/mol. The molecule has 11 heteroatoms. The number of halogens is 2. The maximum absolute atomic E-state index is 13.8. The zero-order chi connectivity index (χ0) is 27.3. The number of esters is 1. The van der Waals surface area contributed by atoms with Crippen molar-refractivity contribution in [3.63, 3.8) is 0 Å². The van der Waals surface area contributed by atoms with E-state index in [4.69, 9.17) is 18.6 Å². The third-order valence-corrected chi connectivity index (χ3v) is 8.49. The van der Waals surface area contributed by atoms with Crippen molar-refractivity contribution in [1.29, 1.82) is 0 Å². The molecule has 0 saturated heterocycles. The lowest BCUT2D eigenvalue weighted by Gasteiger charge is -2.24. The smallest absolute Gasteiger partial charge is 0.338 e. The molecule has 0 bridgehead atoms. The highest BCUT2D eigenvalue weighted by molar-refractivity contribution is 9.11. The van der Waals surface area contributed by atoms with E-state index in [1.165, 1.54) is 15.9 Å². The minimum atomic E-state index is -0.748. The predicted octanol–water partition coefficient (Wildman–Crippen LogP) is 5.31. The second-order valence-corrected chi connectivity index (χ2v) is 11.5. The highest BCUT2D eigenvalue weighted by Gasteiger charge is 2.34. The summed E-state index contributed by atoms with van der Waals surface area (Å²) >= 11 is 8.28. The molecule has 198 valence electrons. The third kappa shape index (κ3) is 4.68. The van der Waals surface area contributed by atoms with E-state index in [1.807, 2.05) is 36.4 Å². The molecule has 0 saturated carbocycles. The molecule has 0 fully saturated rings. The van der Waals surface area contributed by atoms with Crippen LogP contribution in [0.3, 0.4) is 0 Å². The van der Waals surface area contributed by atoms with Crippen LogP contribution in [-0.2, 0) is 9.53 Å². The van der Waals surface area contributed by atoms with E-state index in [1.54, 1.807) is 32.1 Å². The van der Waals surface area contributed by atoms with Crippen LogP contribution in [0, 0.1) is 0 Å². The van der Waals surface area contributed by atoms with Gasteiger partial charge in [-0.15, -0.1) is 0 Å². The number of thiazole rings is 1. The largest absolute Gasteiger partial charge is 0.463 e. The summed E-state index contributed by atoms with van der Waals surface area (Å²) < 4.78 is 26.2. The fourth-order valence-electron chi connectivity index (χ4n) is 4.58. The van der Waals surface area contributed by atoms with Crippen molar-refractivity contribution >= 4 is 55.2 Å². The number of benzene rings is 2. The van der Waals surface area contributed by atoms with Gasteiger partial charge in [-0.25, -0.2) is 9.79 Å². The van der Waals surface area contributed by atoms with Crippen LogP contribution in [-0.4, -0.2) is 23.9 Å². The number of fused-ring (bicyclic) bond motifs is 2. The van der Waals surface area contributed by atoms with Gasteiger partial charge in [0, 0.05) is 20.6 Å². The Kier molecular flexibility index (Phi) is 6.82. The summed E-state index contributed by atoms with van der Waals surface area (Å²) in [5.74, 6) is 1.81. The van der Waals surface area contributed by atoms with Crippen molar-refractivity contribution in [2.45, 2.75) is 19.9 Å². The molecule has 4 aromatic rings. The summed E-state index contributed by atoms with van der Waals surface area (Å²) in [6, 6.07) is 14.1. The fourth-order valence-corrected chi connectivity index (χ4v) is 6.41. The quantitative estimate of drug-likeness (QED) is 0.267. The highest BCUT2D eigenvalue weighted by atomic mass is 79.9. The lowest BCUT2D eigenvalue weighted by atomic mass is 9.95. The molecule has 0 aliphatic carbocycles. The molecule has 0 radical (unpaired) electrons. The molecule has 2 aliphatic rings. The van der Waals surface area contributed by atoms with Crippen molar-refractivity contribution < 1.29 is 23.4 Å². The topological polar surface area (TPSA) is 92.3 Å². The van der Waals surface area contributed by atoms with E-state index in [0.29, 0.717) is 49.2 Å². The SMILES string of the molecule is CCOC(=O)C1=C(C)N=c2s/c(=C/c3ccc(-c4cc(Br)ccc4Br)o3)c(=O)n2[C@@H]1c1ccc2c(c1)OCO2. The lowest BCUT2D eigenvalue weighted by molar-refractivity contribution is -0.139. The van der Waals surface area contributed by atoms with Gasteiger partial charge in [0.25, 0.3) is 5.56 Å². The zero-order valence-electron chi connectivity index (χ0n) is 20.7. The number of hydrogen-bond acceptors (Lipinski definition) is 8. The number of carbonyl (C=O) groups excluding carboxylic acids is 1. The first-order valence-electron chi connectivity index (χ1n) is 12.0. The number of aromatic nitrogens is 1. The predicted molar refractivity (Wildman–Crippen MR) is 153 cm³/mol. The van der Waals surface area contributed by atoms with Gasteiger partial charge in [0.05, 0.1) is 28.5 Å². The number of carbonyl (C=O) groups is 1. The molecule has 0 amide bonds. The Labute approximate surface area is 243 Å². The van der Waals surface area contributed by atoms with Crippen molar-refractivity contribution in [1.82, 2.24) is 4.57 Å². The molecule has 2 aliphatic heterocycles. The summed E-state index contributed by atoms with van der Waals surface area (Å²) in [6.07, 6.45) is 1.69. The van der Waals surface area contributed by atoms with E-state index in [9.17, 15) is 9.59 Å². The Morgan fingerprint density at radius 2 is 1.97 bits per heavy atom. The first-order valence-corrected chi connectivity index (χ1v) is 14.4. The Bertz CT molecular complexity index is 1850. The fraction of sp³-hybridized carbons (Fsp3) is 0.179. The van der Waals surface area contributed by atoms with Gasteiger partial charge in [-0.3, -0.25) is 9.36 Å². The highest BCUT2D eigenvalue weighted by Crippen LogP contribution is 2.38. The Balaban J connectivity index is 1.48. The summed E-state index contributed by atoms with van der Waals surface area (Å²) in [5.41, 5.74) is 2.06. The van der Waals surface area contributed by atoms with E-state index in [0.717, 1.165) is 14.5 Å². The van der Waals surface area contributed by atoms with Crippen LogP contribution in [0.5, 0.6) is 11.5 Å². The van der Waals surface area contributed by atoms with Crippen molar-refractivity contribution in [2.75, 3.05) is 13.4 Å². The summed E-state index contributed by atoms with van der Waals surface area (Å²) in [5, 5.41) is 0. The molecular weight excluding hydrogens is 652 g/mol. The second kappa shape index (κ2) is 10.3. The van der Waals surface area contributed by atoms with Gasteiger partial charge in [0.15, 0.2) is 16.3 Å². The first kappa shape index (κ1) is 25.8. The Morgan fingerprint density at radius 1 is 1.15 bits per heavy atom. The molecule has 39 heavy (non-hydrogen) atoms. The molecule has 8 nitrogen and oxygen atoms in total. The summed E-state index contributed by atoms with van der Waals surface area (Å²) in [4.78, 5) is 32.0. The number of furan rings is 1. The van der Waals surface area contributed by atoms with Crippen LogP contribution >= 0.6 is 43.2 Å². The third-order valence-electron chi connectivity index (χ3n) is 6.32. The van der Waals surface area contributed by atoms with Crippen LogP contribution in [0.4, 0.5) is 0 Å². The zero-order valence-corrected chi connectivity index (χ0v) is 24.7. The van der Waals surface area contributed by atoms with Gasteiger partial charge < -0.3 is 18.6 Å². The molecule has 0 spiro atoms. The number of allylic oxidation sites excluding steroid dienone is 1. The van der Waals surface area contributed by atoms with Gasteiger partial charge in [-0.2, -0.15) is 0 Å².